The molecule has 5 heteroatoms. The van der Waals surface area contributed by atoms with Crippen molar-refractivity contribution in [2.24, 2.45) is 11.1 Å². The van der Waals surface area contributed by atoms with E-state index in [-0.39, 0.29) is 5.91 Å². The van der Waals surface area contributed by atoms with Crippen LogP contribution in [0.15, 0.2) is 18.3 Å². The van der Waals surface area contributed by atoms with Gasteiger partial charge in [0.1, 0.15) is 5.82 Å². The first-order chi connectivity index (χ1) is 8.42. The van der Waals surface area contributed by atoms with Crippen LogP contribution in [0, 0.1) is 5.41 Å². The summed E-state index contributed by atoms with van der Waals surface area (Å²) in [7, 11) is 0. The van der Waals surface area contributed by atoms with Gasteiger partial charge >= 0.3 is 0 Å². The average Bonchev–Trinajstić information content (AvgIpc) is 2.73. The van der Waals surface area contributed by atoms with Gasteiger partial charge in [0.2, 0.25) is 5.91 Å². The minimum absolute atomic E-state index is 0.267. The van der Waals surface area contributed by atoms with Crippen LogP contribution in [0.25, 0.3) is 0 Å². The zero-order chi connectivity index (χ0) is 13.3. The van der Waals surface area contributed by atoms with Gasteiger partial charge in [-0.3, -0.25) is 4.79 Å². The number of anilines is 1. The molecule has 0 aromatic carbocycles. The van der Waals surface area contributed by atoms with Crippen molar-refractivity contribution in [3.05, 3.63) is 23.9 Å². The van der Waals surface area contributed by atoms with Crippen LogP contribution in [0.2, 0.25) is 0 Å². The summed E-state index contributed by atoms with van der Waals surface area (Å²) >= 11 is 0. The standard InChI is InChI=1S/C13H19N3O2/c1-9(17)10-3-5-15-11(7-10)16-6-4-13(2,8-16)12(14)18/h3,5,7,9,17H,4,6,8H2,1-2H3,(H2,14,18)/t9-,13?/m0/s1. The van der Waals surface area contributed by atoms with Gasteiger partial charge in [0.15, 0.2) is 0 Å². The van der Waals surface area contributed by atoms with Gasteiger partial charge in [0.05, 0.1) is 11.5 Å². The Labute approximate surface area is 107 Å². The highest BCUT2D eigenvalue weighted by Gasteiger charge is 2.39. The molecule has 5 nitrogen and oxygen atoms in total. The molecular formula is C13H19N3O2. The number of carbonyl (C=O) groups excluding carboxylic acids is 1. The summed E-state index contributed by atoms with van der Waals surface area (Å²) in [5, 5.41) is 9.56. The molecule has 1 fully saturated rings. The molecule has 0 bridgehead atoms. The molecule has 2 heterocycles. The van der Waals surface area contributed by atoms with E-state index >= 15 is 0 Å². The second-order valence-electron chi connectivity index (χ2n) is 5.22. The van der Waals surface area contributed by atoms with E-state index in [1.807, 2.05) is 17.9 Å². The maximum absolute atomic E-state index is 11.4. The number of nitrogens with two attached hydrogens (primary N) is 1. The van der Waals surface area contributed by atoms with Crippen molar-refractivity contribution in [2.45, 2.75) is 26.4 Å². The highest BCUT2D eigenvalue weighted by atomic mass is 16.3. The van der Waals surface area contributed by atoms with Gasteiger partial charge in [0.25, 0.3) is 0 Å². The third-order valence-electron chi connectivity index (χ3n) is 3.64. The van der Waals surface area contributed by atoms with Crippen molar-refractivity contribution in [2.75, 3.05) is 18.0 Å². The Kier molecular flexibility index (Phi) is 3.26. The maximum atomic E-state index is 11.4. The Balaban J connectivity index is 2.19. The number of hydrogen-bond acceptors (Lipinski definition) is 4. The number of aromatic nitrogens is 1. The van der Waals surface area contributed by atoms with Crippen LogP contribution in [0.4, 0.5) is 5.82 Å². The topological polar surface area (TPSA) is 79.5 Å². The SMILES string of the molecule is C[C@H](O)c1ccnc(N2CCC(C)(C(N)=O)C2)c1. The first-order valence-corrected chi connectivity index (χ1v) is 6.11. The number of pyridine rings is 1. The molecule has 1 aliphatic rings. The Morgan fingerprint density at radius 3 is 2.94 bits per heavy atom. The number of aliphatic hydroxyl groups is 1. The Hall–Kier alpha value is -1.62. The lowest BCUT2D eigenvalue weighted by molar-refractivity contribution is -0.125. The van der Waals surface area contributed by atoms with Crippen LogP contribution in [0.5, 0.6) is 0 Å². The lowest BCUT2D eigenvalue weighted by Crippen LogP contribution is -2.37. The van der Waals surface area contributed by atoms with Gasteiger partial charge in [0, 0.05) is 19.3 Å². The average molecular weight is 249 g/mol. The highest BCUT2D eigenvalue weighted by molar-refractivity contribution is 5.82. The van der Waals surface area contributed by atoms with E-state index < -0.39 is 11.5 Å². The van der Waals surface area contributed by atoms with Gasteiger partial charge in [-0.1, -0.05) is 0 Å². The Bertz CT molecular complexity index is 461. The molecule has 1 unspecified atom stereocenters. The summed E-state index contributed by atoms with van der Waals surface area (Å²) < 4.78 is 0. The molecule has 1 aromatic heterocycles. The summed E-state index contributed by atoms with van der Waals surface area (Å²) in [6.45, 7) is 4.94. The lowest BCUT2D eigenvalue weighted by atomic mass is 9.89. The molecule has 98 valence electrons. The van der Waals surface area contributed by atoms with Gasteiger partial charge in [-0.15, -0.1) is 0 Å². The zero-order valence-electron chi connectivity index (χ0n) is 10.8. The molecule has 1 amide bonds. The zero-order valence-corrected chi connectivity index (χ0v) is 10.8. The van der Waals surface area contributed by atoms with Crippen molar-refractivity contribution in [1.29, 1.82) is 0 Å². The van der Waals surface area contributed by atoms with Crippen LogP contribution in [0.3, 0.4) is 0 Å². The molecule has 1 aliphatic heterocycles. The van der Waals surface area contributed by atoms with E-state index in [0.717, 1.165) is 24.3 Å². The molecule has 1 aromatic rings. The number of carbonyl (C=O) groups is 1. The van der Waals surface area contributed by atoms with Crippen molar-refractivity contribution in [3.8, 4) is 0 Å². The van der Waals surface area contributed by atoms with Crippen molar-refractivity contribution < 1.29 is 9.90 Å². The van der Waals surface area contributed by atoms with Gasteiger partial charge in [-0.2, -0.15) is 0 Å². The molecule has 0 saturated carbocycles. The summed E-state index contributed by atoms with van der Waals surface area (Å²) in [6.07, 6.45) is 1.90. The summed E-state index contributed by atoms with van der Waals surface area (Å²) in [4.78, 5) is 17.7. The molecule has 0 spiro atoms. The predicted molar refractivity (Wildman–Crippen MR) is 69.0 cm³/mol. The lowest BCUT2D eigenvalue weighted by Gasteiger charge is -2.22. The molecule has 3 N–H and O–H groups in total. The van der Waals surface area contributed by atoms with E-state index in [9.17, 15) is 9.90 Å². The van der Waals surface area contributed by atoms with Crippen LogP contribution in [0.1, 0.15) is 31.9 Å². The fourth-order valence-electron chi connectivity index (χ4n) is 2.22. The summed E-state index contributed by atoms with van der Waals surface area (Å²) in [6, 6.07) is 3.65. The summed E-state index contributed by atoms with van der Waals surface area (Å²) in [5.41, 5.74) is 5.77. The number of hydrogen-bond donors (Lipinski definition) is 2. The van der Waals surface area contributed by atoms with Crippen LogP contribution in [-0.4, -0.2) is 29.1 Å². The van der Waals surface area contributed by atoms with E-state index in [0.29, 0.717) is 6.54 Å². The maximum Gasteiger partial charge on any atom is 0.225 e. The van der Waals surface area contributed by atoms with Crippen LogP contribution in [-0.2, 0) is 4.79 Å². The first-order valence-electron chi connectivity index (χ1n) is 6.11. The summed E-state index contributed by atoms with van der Waals surface area (Å²) in [5.74, 6) is 0.523. The fraction of sp³-hybridized carbons (Fsp3) is 0.538. The minimum Gasteiger partial charge on any atom is -0.389 e. The van der Waals surface area contributed by atoms with Crippen molar-refractivity contribution in [1.82, 2.24) is 4.98 Å². The second-order valence-corrected chi connectivity index (χ2v) is 5.22. The number of amides is 1. The van der Waals surface area contributed by atoms with Crippen molar-refractivity contribution >= 4 is 11.7 Å². The van der Waals surface area contributed by atoms with Gasteiger partial charge in [-0.25, -0.2) is 4.98 Å². The third-order valence-corrected chi connectivity index (χ3v) is 3.64. The normalized spacial score (nSPS) is 25.2. The molecule has 1 saturated heterocycles. The Morgan fingerprint density at radius 1 is 1.67 bits per heavy atom. The largest absolute Gasteiger partial charge is 0.389 e. The number of rotatable bonds is 3. The van der Waals surface area contributed by atoms with Crippen LogP contribution >= 0.6 is 0 Å². The van der Waals surface area contributed by atoms with Crippen LogP contribution < -0.4 is 10.6 Å². The molecular weight excluding hydrogens is 230 g/mol. The monoisotopic (exact) mass is 249 g/mol. The quantitative estimate of drug-likeness (QED) is 0.831. The van der Waals surface area contributed by atoms with Gasteiger partial charge < -0.3 is 15.7 Å². The van der Waals surface area contributed by atoms with Crippen molar-refractivity contribution in [3.63, 3.8) is 0 Å². The third kappa shape index (κ3) is 2.31. The predicted octanol–water partition coefficient (Wildman–Crippen LogP) is 0.837. The smallest absolute Gasteiger partial charge is 0.225 e. The minimum atomic E-state index is -0.517. The highest BCUT2D eigenvalue weighted by Crippen LogP contribution is 2.32. The molecule has 18 heavy (non-hydrogen) atoms. The van der Waals surface area contributed by atoms with Gasteiger partial charge in [-0.05, 0) is 38.0 Å². The van der Waals surface area contributed by atoms with E-state index in [1.54, 1.807) is 19.2 Å². The number of primary amides is 1. The first kappa shape index (κ1) is 12.8. The number of aliphatic hydroxyl groups excluding tert-OH is 1. The molecule has 2 rings (SSSR count). The number of nitrogens with zero attached hydrogens (tertiary/aromatic N) is 2. The van der Waals surface area contributed by atoms with E-state index in [1.165, 1.54) is 0 Å². The second kappa shape index (κ2) is 4.57. The van der Waals surface area contributed by atoms with E-state index in [2.05, 4.69) is 4.98 Å². The Morgan fingerprint density at radius 2 is 2.39 bits per heavy atom. The molecule has 2 atom stereocenters. The van der Waals surface area contributed by atoms with E-state index in [4.69, 9.17) is 5.73 Å². The fourth-order valence-corrected chi connectivity index (χ4v) is 2.22. The molecule has 0 radical (unpaired) electrons. The molecule has 0 aliphatic carbocycles.